The number of piperazine rings is 1. The maximum atomic E-state index is 13.1. The number of imidazole rings is 2. The van der Waals surface area contributed by atoms with Crippen LogP contribution in [0.3, 0.4) is 0 Å². The van der Waals surface area contributed by atoms with Crippen molar-refractivity contribution in [3.8, 4) is 11.8 Å². The van der Waals surface area contributed by atoms with Crippen molar-refractivity contribution >= 4 is 34.8 Å². The van der Waals surface area contributed by atoms with E-state index >= 15 is 0 Å². The molecule has 182 valence electrons. The van der Waals surface area contributed by atoms with Crippen LogP contribution < -0.4 is 15.8 Å². The average molecular weight is 498 g/mol. The fraction of sp³-hybridized carbons (Fsp3) is 0.421. The molecule has 3 aromatic rings. The van der Waals surface area contributed by atoms with E-state index in [4.69, 9.17) is 14.9 Å². The largest absolute Gasteiger partial charge is 0.490 e. The molecule has 3 N–H and O–H groups in total. The zero-order valence-corrected chi connectivity index (χ0v) is 19.0. The minimum atomic E-state index is -5.08. The van der Waals surface area contributed by atoms with Crippen molar-refractivity contribution in [3.05, 3.63) is 22.7 Å². The number of anilines is 1. The molecule has 3 aromatic heterocycles. The molecule has 0 unspecified atom stereocenters. The molecule has 4 rings (SSSR count). The van der Waals surface area contributed by atoms with Gasteiger partial charge in [-0.25, -0.2) is 14.8 Å². The van der Waals surface area contributed by atoms with Crippen molar-refractivity contribution in [2.24, 2.45) is 7.05 Å². The Morgan fingerprint density at radius 3 is 2.53 bits per heavy atom. The quantitative estimate of drug-likeness (QED) is 0.357. The lowest BCUT2D eigenvalue weighted by atomic mass is 10.4. The minimum Gasteiger partial charge on any atom is -0.475 e. The number of H-pyrrole nitrogens is 1. The maximum Gasteiger partial charge on any atom is 0.490 e. The first-order valence-electron chi connectivity index (χ1n) is 9.93. The van der Waals surface area contributed by atoms with Gasteiger partial charge in [0.25, 0.3) is 5.56 Å². The van der Waals surface area contributed by atoms with Crippen LogP contribution in [0.4, 0.5) is 19.1 Å². The van der Waals surface area contributed by atoms with Crippen LogP contribution in [0.25, 0.3) is 11.2 Å². The summed E-state index contributed by atoms with van der Waals surface area (Å²) in [4.78, 5) is 40.7. The van der Waals surface area contributed by atoms with Crippen molar-refractivity contribution < 1.29 is 23.1 Å². The normalized spacial score (nSPS) is 13.7. The number of fused-ring (bicyclic) bond motifs is 1. The number of halogens is 3. The molecule has 0 atom stereocenters. The number of aromatic amines is 1. The smallest absolute Gasteiger partial charge is 0.475 e. The molecule has 0 aromatic carbocycles. The molecule has 4 heterocycles. The molecular formula is C19H21F3N8O3S. The lowest BCUT2D eigenvalue weighted by Gasteiger charge is -2.28. The summed E-state index contributed by atoms with van der Waals surface area (Å²) in [5, 5.41) is 11.7. The first kappa shape index (κ1) is 25.1. The number of carboxylic acids is 1. The van der Waals surface area contributed by atoms with E-state index in [0.717, 1.165) is 32.1 Å². The van der Waals surface area contributed by atoms with Crippen LogP contribution in [0.15, 0.2) is 27.5 Å². The average Bonchev–Trinajstić information content (AvgIpc) is 3.44. The van der Waals surface area contributed by atoms with E-state index in [9.17, 15) is 18.0 Å². The van der Waals surface area contributed by atoms with Gasteiger partial charge in [-0.05, 0) is 18.7 Å². The number of alkyl halides is 3. The fourth-order valence-electron chi connectivity index (χ4n) is 3.03. The second kappa shape index (κ2) is 10.6. The second-order valence-corrected chi connectivity index (χ2v) is 7.85. The van der Waals surface area contributed by atoms with Crippen LogP contribution in [-0.4, -0.2) is 72.5 Å². The van der Waals surface area contributed by atoms with Crippen molar-refractivity contribution in [2.45, 2.75) is 30.0 Å². The Bertz CT molecular complexity index is 1270. The van der Waals surface area contributed by atoms with Crippen molar-refractivity contribution in [1.29, 1.82) is 0 Å². The molecular weight excluding hydrogens is 477 g/mol. The highest BCUT2D eigenvalue weighted by molar-refractivity contribution is 7.99. The highest BCUT2D eigenvalue weighted by Gasteiger charge is 2.38. The third-order valence-electron chi connectivity index (χ3n) is 4.64. The summed E-state index contributed by atoms with van der Waals surface area (Å²) in [6.45, 7) is 5.63. The molecule has 11 nitrogen and oxygen atoms in total. The molecule has 1 fully saturated rings. The lowest BCUT2D eigenvalue weighted by molar-refractivity contribution is -0.192. The fourth-order valence-corrected chi connectivity index (χ4v) is 3.79. The van der Waals surface area contributed by atoms with Crippen molar-refractivity contribution in [1.82, 2.24) is 34.4 Å². The molecule has 0 amide bonds. The van der Waals surface area contributed by atoms with Gasteiger partial charge >= 0.3 is 12.1 Å². The molecule has 0 bridgehead atoms. The van der Waals surface area contributed by atoms with Crippen molar-refractivity contribution in [2.75, 3.05) is 31.1 Å². The molecule has 0 aliphatic carbocycles. The lowest BCUT2D eigenvalue weighted by Crippen LogP contribution is -2.44. The van der Waals surface area contributed by atoms with Crippen LogP contribution in [-0.2, 0) is 18.4 Å². The zero-order valence-electron chi connectivity index (χ0n) is 18.2. The van der Waals surface area contributed by atoms with Crippen LogP contribution in [0.2, 0.25) is 0 Å². The number of hydrogen-bond acceptors (Lipinski definition) is 8. The molecule has 1 aliphatic rings. The van der Waals surface area contributed by atoms with Gasteiger partial charge in [0.05, 0.1) is 6.54 Å². The number of nitrogens with zero attached hydrogens (tertiary/aromatic N) is 6. The Morgan fingerprint density at radius 1 is 1.29 bits per heavy atom. The van der Waals surface area contributed by atoms with Gasteiger partial charge in [-0.15, -0.1) is 5.92 Å². The number of carboxylic acid groups (broad SMARTS) is 1. The van der Waals surface area contributed by atoms with E-state index in [2.05, 4.69) is 37.0 Å². The second-order valence-electron chi connectivity index (χ2n) is 6.89. The number of hydrogen-bond donors (Lipinski definition) is 3. The van der Waals surface area contributed by atoms with Crippen LogP contribution in [0, 0.1) is 11.8 Å². The third kappa shape index (κ3) is 5.69. The monoisotopic (exact) mass is 498 g/mol. The Kier molecular flexibility index (Phi) is 7.84. The summed E-state index contributed by atoms with van der Waals surface area (Å²) in [7, 11) is 1.72. The van der Waals surface area contributed by atoms with Gasteiger partial charge in [0.15, 0.2) is 21.5 Å². The number of carbonyl (C=O) groups is 1. The van der Waals surface area contributed by atoms with Gasteiger partial charge in [-0.1, -0.05) is 5.92 Å². The third-order valence-corrected chi connectivity index (χ3v) is 5.61. The molecule has 1 saturated heterocycles. The summed E-state index contributed by atoms with van der Waals surface area (Å²) in [6, 6.07) is 0. The van der Waals surface area contributed by atoms with E-state index in [-0.39, 0.29) is 5.56 Å². The predicted molar refractivity (Wildman–Crippen MR) is 118 cm³/mol. The summed E-state index contributed by atoms with van der Waals surface area (Å²) in [6.07, 6.45) is -1.68. The van der Waals surface area contributed by atoms with Gasteiger partial charge in [-0.3, -0.25) is 13.9 Å². The highest BCUT2D eigenvalue weighted by Crippen LogP contribution is 2.25. The van der Waals surface area contributed by atoms with E-state index in [1.165, 1.54) is 16.3 Å². The Balaban J connectivity index is 0.000000406. The maximum absolute atomic E-state index is 13.1. The Morgan fingerprint density at radius 2 is 1.97 bits per heavy atom. The van der Waals surface area contributed by atoms with Gasteiger partial charge in [-0.2, -0.15) is 18.2 Å². The Labute approximate surface area is 195 Å². The SMILES string of the molecule is CC#CCn1c(N2CCNCC2)nc2nc(Sc3ncc[nH]3)n(C)c(=O)c21.O=C(O)C(F)(F)F. The van der Waals surface area contributed by atoms with Gasteiger partial charge in [0.1, 0.15) is 0 Å². The summed E-state index contributed by atoms with van der Waals surface area (Å²) in [5.41, 5.74) is 0.789. The standard InChI is InChI=1S/C17H20N8OS.C2HF3O2/c1-3-4-9-25-12-13(21-16(25)24-10-7-18-8-11-24)22-17(23(2)14(12)26)27-15-19-5-6-20-15;3-2(4,5)1(6)7/h5-6,18H,7-11H2,1-2H3,(H,19,20);(H,6,7). The number of aromatic nitrogens is 6. The van der Waals surface area contributed by atoms with E-state index in [1.54, 1.807) is 26.4 Å². The van der Waals surface area contributed by atoms with Gasteiger partial charge < -0.3 is 20.3 Å². The molecule has 1 aliphatic heterocycles. The van der Waals surface area contributed by atoms with E-state index < -0.39 is 12.1 Å². The molecule has 0 saturated carbocycles. The van der Waals surface area contributed by atoms with E-state index in [0.29, 0.717) is 28.0 Å². The summed E-state index contributed by atoms with van der Waals surface area (Å²) in [5.74, 6) is 3.95. The minimum absolute atomic E-state index is 0.138. The van der Waals surface area contributed by atoms with Gasteiger partial charge in [0, 0.05) is 45.6 Å². The molecule has 15 heteroatoms. The van der Waals surface area contributed by atoms with Crippen LogP contribution >= 0.6 is 11.8 Å². The first-order chi connectivity index (χ1) is 16.1. The molecule has 0 spiro atoms. The van der Waals surface area contributed by atoms with Crippen molar-refractivity contribution in [3.63, 3.8) is 0 Å². The number of rotatable bonds is 4. The zero-order chi connectivity index (χ0) is 24.9. The summed E-state index contributed by atoms with van der Waals surface area (Å²) < 4.78 is 35.2. The number of nitrogens with one attached hydrogen (secondary N) is 2. The Hall–Kier alpha value is -3.51. The molecule has 0 radical (unpaired) electrons. The van der Waals surface area contributed by atoms with Crippen LogP contribution in [0.5, 0.6) is 0 Å². The molecule has 34 heavy (non-hydrogen) atoms. The van der Waals surface area contributed by atoms with Gasteiger partial charge in [0.2, 0.25) is 5.95 Å². The highest BCUT2D eigenvalue weighted by atomic mass is 32.2. The van der Waals surface area contributed by atoms with E-state index in [1.807, 2.05) is 4.57 Å². The number of aliphatic carboxylic acids is 1. The summed E-state index contributed by atoms with van der Waals surface area (Å²) >= 11 is 1.30. The first-order valence-corrected chi connectivity index (χ1v) is 10.7. The predicted octanol–water partition coefficient (Wildman–Crippen LogP) is 1.07. The van der Waals surface area contributed by atoms with Crippen LogP contribution in [0.1, 0.15) is 6.92 Å². The topological polar surface area (TPSA) is 134 Å².